The number of nitrogens with zero attached hydrogens (tertiary/aromatic N) is 4. The third-order valence-corrected chi connectivity index (χ3v) is 6.51. The van der Waals surface area contributed by atoms with E-state index in [2.05, 4.69) is 34.7 Å². The van der Waals surface area contributed by atoms with E-state index < -0.39 is 0 Å². The summed E-state index contributed by atoms with van der Waals surface area (Å²) in [6, 6.07) is 12.6. The Bertz CT molecular complexity index is 1230. The highest BCUT2D eigenvalue weighted by Crippen LogP contribution is 2.45. The van der Waals surface area contributed by atoms with Crippen molar-refractivity contribution in [1.82, 2.24) is 19.8 Å². The summed E-state index contributed by atoms with van der Waals surface area (Å²) < 4.78 is 2.54. The minimum absolute atomic E-state index is 0.308. The number of allylic oxidation sites excluding steroid dienone is 1. The predicted octanol–water partition coefficient (Wildman–Crippen LogP) is 3.50. The van der Waals surface area contributed by atoms with Crippen molar-refractivity contribution in [2.75, 3.05) is 0 Å². The van der Waals surface area contributed by atoms with Gasteiger partial charge < -0.3 is 4.84 Å². The number of rotatable bonds is 5. The Morgan fingerprint density at radius 2 is 1.87 bits per heavy atom. The molecule has 7 nitrogen and oxygen atoms in total. The molecule has 2 aromatic carbocycles. The van der Waals surface area contributed by atoms with Gasteiger partial charge in [-0.2, -0.15) is 15.3 Å². The highest BCUT2D eigenvalue weighted by atomic mass is 16.6. The van der Waals surface area contributed by atoms with Crippen molar-refractivity contribution < 1.29 is 4.84 Å². The lowest BCUT2D eigenvalue weighted by molar-refractivity contribution is 0.291. The molecule has 1 saturated carbocycles. The molecule has 0 saturated heterocycles. The fraction of sp³-hybridized carbons (Fsp3) is 0.375. The molecule has 1 heterocycles. The summed E-state index contributed by atoms with van der Waals surface area (Å²) in [5, 5.41) is 7.96. The summed E-state index contributed by atoms with van der Waals surface area (Å²) in [6.07, 6.45) is 6.95. The van der Waals surface area contributed by atoms with E-state index in [0.29, 0.717) is 17.4 Å². The molecule has 0 amide bonds. The SMILES string of the molecule is C/C(=C(\ON)c1c(C2CC2)cccc1-n1nnn(C)c1=O)c1ccc2c(c1)CCCC2. The molecule has 7 heteroatoms. The van der Waals surface area contributed by atoms with Gasteiger partial charge in [-0.25, -0.2) is 4.79 Å². The molecule has 2 aliphatic rings. The fourth-order valence-corrected chi connectivity index (χ4v) is 4.61. The molecular formula is C24H27N5O2. The van der Waals surface area contributed by atoms with E-state index in [1.807, 2.05) is 19.1 Å². The summed E-state index contributed by atoms with van der Waals surface area (Å²) in [4.78, 5) is 18.2. The van der Waals surface area contributed by atoms with Crippen molar-refractivity contribution in [2.45, 2.75) is 51.4 Å². The highest BCUT2D eigenvalue weighted by molar-refractivity contribution is 5.90. The largest absolute Gasteiger partial charge is 0.410 e. The molecular weight excluding hydrogens is 390 g/mol. The van der Waals surface area contributed by atoms with Crippen LogP contribution < -0.4 is 11.6 Å². The molecule has 160 valence electrons. The van der Waals surface area contributed by atoms with Crippen LogP contribution in [0.3, 0.4) is 0 Å². The average Bonchev–Trinajstić information content (AvgIpc) is 3.59. The second kappa shape index (κ2) is 7.81. The van der Waals surface area contributed by atoms with Crippen LogP contribution in [0.15, 0.2) is 41.2 Å². The van der Waals surface area contributed by atoms with E-state index in [4.69, 9.17) is 10.7 Å². The lowest BCUT2D eigenvalue weighted by Crippen LogP contribution is -2.23. The van der Waals surface area contributed by atoms with Gasteiger partial charge in [0, 0.05) is 18.2 Å². The van der Waals surface area contributed by atoms with Crippen LogP contribution in [0.25, 0.3) is 17.0 Å². The van der Waals surface area contributed by atoms with Crippen molar-refractivity contribution in [3.63, 3.8) is 0 Å². The number of hydrogen-bond acceptors (Lipinski definition) is 5. The van der Waals surface area contributed by atoms with Crippen LogP contribution in [0.1, 0.15) is 66.3 Å². The lowest BCUT2D eigenvalue weighted by atomic mass is 9.88. The monoisotopic (exact) mass is 417 g/mol. The topological polar surface area (TPSA) is 88.0 Å². The van der Waals surface area contributed by atoms with E-state index in [1.54, 1.807) is 7.05 Å². The second-order valence-electron chi connectivity index (χ2n) is 8.58. The lowest BCUT2D eigenvalue weighted by Gasteiger charge is -2.20. The summed E-state index contributed by atoms with van der Waals surface area (Å²) in [5.41, 5.74) is 7.16. The Labute approximate surface area is 181 Å². The molecule has 3 aromatic rings. The standard InChI is InChI=1S/C24H27N5O2/c1-15(18-13-10-16-6-3-4-7-19(16)14-18)23(31-25)22-20(17-11-12-17)8-5-9-21(22)29-24(30)28(2)26-27-29/h5,8-10,13-14,17H,3-4,6-7,11-12,25H2,1-2H3/b23-15+. The summed E-state index contributed by atoms with van der Waals surface area (Å²) in [7, 11) is 1.59. The van der Waals surface area contributed by atoms with Crippen LogP contribution in [0.2, 0.25) is 0 Å². The van der Waals surface area contributed by atoms with Crippen molar-refractivity contribution in [3.8, 4) is 5.69 Å². The van der Waals surface area contributed by atoms with Gasteiger partial charge in [0.25, 0.3) is 0 Å². The smallest absolute Gasteiger partial charge is 0.368 e. The van der Waals surface area contributed by atoms with Gasteiger partial charge in [-0.1, -0.05) is 30.3 Å². The van der Waals surface area contributed by atoms with Crippen LogP contribution in [-0.2, 0) is 24.7 Å². The summed E-state index contributed by atoms with van der Waals surface area (Å²) in [5.74, 6) is 6.88. The van der Waals surface area contributed by atoms with Crippen molar-refractivity contribution in [2.24, 2.45) is 12.9 Å². The first-order valence-corrected chi connectivity index (χ1v) is 10.9. The number of fused-ring (bicyclic) bond motifs is 1. The molecule has 1 fully saturated rings. The van der Waals surface area contributed by atoms with E-state index in [9.17, 15) is 4.79 Å². The number of nitrogens with two attached hydrogens (primary N) is 1. The first-order valence-electron chi connectivity index (χ1n) is 10.9. The molecule has 0 bridgehead atoms. The Morgan fingerprint density at radius 1 is 1.10 bits per heavy atom. The summed E-state index contributed by atoms with van der Waals surface area (Å²) >= 11 is 0. The molecule has 0 unspecified atom stereocenters. The molecule has 1 aromatic heterocycles. The second-order valence-corrected chi connectivity index (χ2v) is 8.58. The summed E-state index contributed by atoms with van der Waals surface area (Å²) in [6.45, 7) is 2.03. The Morgan fingerprint density at radius 3 is 2.55 bits per heavy atom. The Balaban J connectivity index is 1.72. The van der Waals surface area contributed by atoms with Gasteiger partial charge in [0.2, 0.25) is 0 Å². The molecule has 0 spiro atoms. The zero-order valence-electron chi connectivity index (χ0n) is 18.0. The number of benzene rings is 2. The van der Waals surface area contributed by atoms with Crippen molar-refractivity contribution in [1.29, 1.82) is 0 Å². The third kappa shape index (κ3) is 3.49. The zero-order chi connectivity index (χ0) is 21.5. The van der Waals surface area contributed by atoms with E-state index in [0.717, 1.165) is 47.9 Å². The number of aromatic nitrogens is 4. The first kappa shape index (κ1) is 19.8. The fourth-order valence-electron chi connectivity index (χ4n) is 4.61. The van der Waals surface area contributed by atoms with Gasteiger partial charge in [-0.3, -0.25) is 0 Å². The van der Waals surface area contributed by atoms with Gasteiger partial charge in [-0.15, -0.1) is 0 Å². The molecule has 0 radical (unpaired) electrons. The maximum absolute atomic E-state index is 12.6. The number of hydrogen-bond donors (Lipinski definition) is 1. The van der Waals surface area contributed by atoms with Crippen molar-refractivity contribution in [3.05, 3.63) is 74.7 Å². The normalized spacial score (nSPS) is 16.6. The minimum Gasteiger partial charge on any atom is -0.410 e. The molecule has 31 heavy (non-hydrogen) atoms. The quantitative estimate of drug-likeness (QED) is 0.390. The number of tetrazole rings is 1. The third-order valence-electron chi connectivity index (χ3n) is 6.51. The van der Waals surface area contributed by atoms with Crippen LogP contribution in [0, 0.1) is 0 Å². The molecule has 2 N–H and O–H groups in total. The Kier molecular flexibility index (Phi) is 4.98. The molecule has 0 aliphatic heterocycles. The van der Waals surface area contributed by atoms with E-state index in [-0.39, 0.29) is 5.69 Å². The van der Waals surface area contributed by atoms with Crippen LogP contribution >= 0.6 is 0 Å². The van der Waals surface area contributed by atoms with Crippen LogP contribution in [0.4, 0.5) is 0 Å². The minimum atomic E-state index is -0.308. The maximum atomic E-state index is 12.6. The van der Waals surface area contributed by atoms with E-state index >= 15 is 0 Å². The highest BCUT2D eigenvalue weighted by Gasteiger charge is 2.31. The van der Waals surface area contributed by atoms with E-state index in [1.165, 1.54) is 33.3 Å². The zero-order valence-corrected chi connectivity index (χ0v) is 18.0. The van der Waals surface area contributed by atoms with Gasteiger partial charge in [0.1, 0.15) is 0 Å². The van der Waals surface area contributed by atoms with Crippen LogP contribution in [0.5, 0.6) is 0 Å². The van der Waals surface area contributed by atoms with Gasteiger partial charge >= 0.3 is 5.69 Å². The van der Waals surface area contributed by atoms with Gasteiger partial charge in [-0.05, 0) is 90.1 Å². The molecule has 5 rings (SSSR count). The van der Waals surface area contributed by atoms with Crippen LogP contribution in [-0.4, -0.2) is 19.8 Å². The average molecular weight is 418 g/mol. The molecule has 2 aliphatic carbocycles. The van der Waals surface area contributed by atoms with Crippen molar-refractivity contribution >= 4 is 11.3 Å². The Hall–Kier alpha value is -3.19. The maximum Gasteiger partial charge on any atom is 0.368 e. The molecule has 0 atom stereocenters. The first-order chi connectivity index (χ1) is 15.1. The predicted molar refractivity (Wildman–Crippen MR) is 119 cm³/mol. The van der Waals surface area contributed by atoms with Gasteiger partial charge in [0.15, 0.2) is 5.76 Å². The van der Waals surface area contributed by atoms with Gasteiger partial charge in [0.05, 0.1) is 5.69 Å². The number of aryl methyl sites for hydroxylation is 3.